The summed E-state index contributed by atoms with van der Waals surface area (Å²) < 4.78 is 20.8. The van der Waals surface area contributed by atoms with Gasteiger partial charge in [-0.25, -0.2) is 0 Å². The minimum atomic E-state index is -0.371. The Kier molecular flexibility index (Phi) is 8.41. The number of hydrogen-bond acceptors (Lipinski definition) is 6. The molecule has 0 heterocycles. The molecule has 0 aliphatic heterocycles. The monoisotopic (exact) mass is 395 g/mol. The maximum absolute atomic E-state index is 12.4. The van der Waals surface area contributed by atoms with E-state index in [4.69, 9.17) is 18.9 Å². The van der Waals surface area contributed by atoms with Gasteiger partial charge in [0.25, 0.3) is 5.91 Å². The van der Waals surface area contributed by atoms with E-state index in [-0.39, 0.29) is 30.6 Å². The largest absolute Gasteiger partial charge is 0.497 e. The lowest BCUT2D eigenvalue weighted by atomic mass is 10.1. The van der Waals surface area contributed by atoms with E-state index in [1.165, 1.54) is 28.4 Å². The Bertz CT molecular complexity index is 784. The molecule has 1 amide bonds. The smallest absolute Gasteiger partial charge is 0.251 e. The Balaban J connectivity index is 0.00000364. The first-order valence-electron chi connectivity index (χ1n) is 7.79. The lowest BCUT2D eigenvalue weighted by molar-refractivity contribution is 0.0903. The van der Waals surface area contributed by atoms with Gasteiger partial charge in [0.05, 0.1) is 35.0 Å². The first-order valence-corrected chi connectivity index (χ1v) is 7.79. The summed E-state index contributed by atoms with van der Waals surface area (Å²) >= 11 is 0. The van der Waals surface area contributed by atoms with E-state index in [1.807, 2.05) is 0 Å². The molecule has 0 fully saturated rings. The predicted octanol–water partition coefficient (Wildman–Crippen LogP) is 2.76. The van der Waals surface area contributed by atoms with Crippen molar-refractivity contribution in [2.24, 2.45) is 0 Å². The van der Waals surface area contributed by atoms with E-state index in [0.29, 0.717) is 34.1 Å². The van der Waals surface area contributed by atoms with Gasteiger partial charge in [-0.05, 0) is 30.3 Å². The molecule has 0 saturated carbocycles. The fourth-order valence-corrected chi connectivity index (χ4v) is 2.37. The second-order valence-electron chi connectivity index (χ2n) is 5.25. The molecule has 0 radical (unpaired) electrons. The second kappa shape index (κ2) is 10.3. The highest BCUT2D eigenvalue weighted by atomic mass is 35.5. The van der Waals surface area contributed by atoms with Crippen molar-refractivity contribution in [1.82, 2.24) is 5.32 Å². The molecule has 7 nitrogen and oxygen atoms in total. The summed E-state index contributed by atoms with van der Waals surface area (Å²) in [6, 6.07) is 9.76. The minimum Gasteiger partial charge on any atom is -0.497 e. The zero-order valence-corrected chi connectivity index (χ0v) is 16.3. The lowest BCUT2D eigenvalue weighted by Gasteiger charge is -2.14. The summed E-state index contributed by atoms with van der Waals surface area (Å²) in [6.07, 6.45) is 0. The summed E-state index contributed by atoms with van der Waals surface area (Å²) in [4.78, 5) is 24.7. The van der Waals surface area contributed by atoms with Crippen LogP contribution in [0.2, 0.25) is 0 Å². The van der Waals surface area contributed by atoms with Gasteiger partial charge in [0, 0.05) is 11.1 Å². The SMILES string of the molecule is COc1cccc(C(=O)NCC(=O)c2cc(OC)c(OC)c(OC)c2)c1.Cl. The fourth-order valence-electron chi connectivity index (χ4n) is 2.37. The van der Waals surface area contributed by atoms with Crippen molar-refractivity contribution < 1.29 is 28.5 Å². The topological polar surface area (TPSA) is 83.1 Å². The molecule has 2 aromatic carbocycles. The first-order chi connectivity index (χ1) is 12.5. The number of carbonyl (C=O) groups is 2. The van der Waals surface area contributed by atoms with Gasteiger partial charge in [-0.15, -0.1) is 12.4 Å². The van der Waals surface area contributed by atoms with Crippen LogP contribution in [0.25, 0.3) is 0 Å². The maximum Gasteiger partial charge on any atom is 0.251 e. The van der Waals surface area contributed by atoms with Crippen LogP contribution in [0.5, 0.6) is 23.0 Å². The number of ether oxygens (including phenoxy) is 4. The molecule has 0 aliphatic carbocycles. The summed E-state index contributed by atoms with van der Waals surface area (Å²) in [5, 5.41) is 2.60. The number of carbonyl (C=O) groups excluding carboxylic acids is 2. The van der Waals surface area contributed by atoms with Crippen LogP contribution in [-0.2, 0) is 0 Å². The molecule has 0 atom stereocenters. The van der Waals surface area contributed by atoms with E-state index in [9.17, 15) is 9.59 Å². The maximum atomic E-state index is 12.4. The zero-order valence-electron chi connectivity index (χ0n) is 15.5. The molecule has 0 bridgehead atoms. The van der Waals surface area contributed by atoms with Gasteiger partial charge in [-0.1, -0.05) is 6.07 Å². The van der Waals surface area contributed by atoms with Crippen LogP contribution >= 0.6 is 12.4 Å². The molecule has 0 saturated heterocycles. The number of amides is 1. The van der Waals surface area contributed by atoms with Gasteiger partial charge in [0.15, 0.2) is 17.3 Å². The molecule has 0 aliphatic rings. The van der Waals surface area contributed by atoms with Crippen molar-refractivity contribution in [2.45, 2.75) is 0 Å². The Morgan fingerprint density at radius 2 is 1.48 bits per heavy atom. The second-order valence-corrected chi connectivity index (χ2v) is 5.25. The molecular weight excluding hydrogens is 374 g/mol. The van der Waals surface area contributed by atoms with Crippen LogP contribution in [-0.4, -0.2) is 46.7 Å². The van der Waals surface area contributed by atoms with Gasteiger partial charge in [-0.3, -0.25) is 9.59 Å². The van der Waals surface area contributed by atoms with Crippen molar-refractivity contribution in [3.05, 3.63) is 47.5 Å². The molecule has 0 aromatic heterocycles. The average molecular weight is 396 g/mol. The Morgan fingerprint density at radius 3 is 2.00 bits per heavy atom. The quantitative estimate of drug-likeness (QED) is 0.692. The first kappa shape index (κ1) is 22.1. The van der Waals surface area contributed by atoms with Gasteiger partial charge in [0.1, 0.15) is 5.75 Å². The third-order valence-electron chi connectivity index (χ3n) is 3.73. The Morgan fingerprint density at radius 1 is 0.852 bits per heavy atom. The molecule has 27 heavy (non-hydrogen) atoms. The molecule has 1 N–H and O–H groups in total. The molecule has 2 rings (SSSR count). The van der Waals surface area contributed by atoms with E-state index in [1.54, 1.807) is 36.4 Å². The van der Waals surface area contributed by atoms with Crippen LogP contribution < -0.4 is 24.3 Å². The van der Waals surface area contributed by atoms with Gasteiger partial charge in [0.2, 0.25) is 5.75 Å². The van der Waals surface area contributed by atoms with Gasteiger partial charge in [-0.2, -0.15) is 0 Å². The van der Waals surface area contributed by atoms with Crippen LogP contribution in [0.1, 0.15) is 20.7 Å². The van der Waals surface area contributed by atoms with E-state index in [0.717, 1.165) is 0 Å². The zero-order chi connectivity index (χ0) is 19.1. The highest BCUT2D eigenvalue weighted by Crippen LogP contribution is 2.38. The summed E-state index contributed by atoms with van der Waals surface area (Å²) in [6.45, 7) is -0.172. The standard InChI is InChI=1S/C19H21NO6.ClH/c1-23-14-7-5-6-12(8-14)19(22)20-11-15(21)13-9-16(24-2)18(26-4)17(10-13)25-3;/h5-10H,11H2,1-4H3,(H,20,22);1H. The highest BCUT2D eigenvalue weighted by molar-refractivity contribution is 6.03. The summed E-state index contributed by atoms with van der Waals surface area (Å²) in [7, 11) is 5.94. The van der Waals surface area contributed by atoms with Crippen molar-refractivity contribution in [3.8, 4) is 23.0 Å². The van der Waals surface area contributed by atoms with E-state index < -0.39 is 0 Å². The molecule has 8 heteroatoms. The number of benzene rings is 2. The number of Topliss-reactive ketones (excluding diaryl/α,β-unsaturated/α-hetero) is 1. The van der Waals surface area contributed by atoms with Gasteiger partial charge >= 0.3 is 0 Å². The van der Waals surface area contributed by atoms with Crippen molar-refractivity contribution in [3.63, 3.8) is 0 Å². The predicted molar refractivity (Wildman–Crippen MR) is 103 cm³/mol. The third kappa shape index (κ3) is 5.27. The van der Waals surface area contributed by atoms with Crippen LogP contribution in [0, 0.1) is 0 Å². The van der Waals surface area contributed by atoms with Gasteiger partial charge < -0.3 is 24.3 Å². The van der Waals surface area contributed by atoms with Crippen molar-refractivity contribution in [1.29, 1.82) is 0 Å². The van der Waals surface area contributed by atoms with Crippen molar-refractivity contribution in [2.75, 3.05) is 35.0 Å². The number of methoxy groups -OCH3 is 4. The van der Waals surface area contributed by atoms with E-state index in [2.05, 4.69) is 5.32 Å². The van der Waals surface area contributed by atoms with E-state index >= 15 is 0 Å². The Hall–Kier alpha value is -2.93. The summed E-state index contributed by atoms with van der Waals surface area (Å²) in [5.41, 5.74) is 0.743. The molecule has 2 aromatic rings. The highest BCUT2D eigenvalue weighted by Gasteiger charge is 2.17. The third-order valence-corrected chi connectivity index (χ3v) is 3.73. The lowest BCUT2D eigenvalue weighted by Crippen LogP contribution is -2.29. The molecule has 0 unspecified atom stereocenters. The molecule has 146 valence electrons. The number of halogens is 1. The number of hydrogen-bond donors (Lipinski definition) is 1. The number of ketones is 1. The summed E-state index contributed by atoms with van der Waals surface area (Å²) in [5.74, 6) is 1.04. The number of rotatable bonds is 8. The van der Waals surface area contributed by atoms with Crippen LogP contribution in [0.4, 0.5) is 0 Å². The van der Waals surface area contributed by atoms with Crippen LogP contribution in [0.15, 0.2) is 36.4 Å². The minimum absolute atomic E-state index is 0. The Labute approximate surface area is 164 Å². The normalized spacial score (nSPS) is 9.63. The fraction of sp³-hybridized carbons (Fsp3) is 0.263. The van der Waals surface area contributed by atoms with Crippen molar-refractivity contribution >= 4 is 24.1 Å². The average Bonchev–Trinajstić information content (AvgIpc) is 2.70. The molecular formula is C19H22ClNO6. The molecule has 0 spiro atoms. The van der Waals surface area contributed by atoms with Crippen LogP contribution in [0.3, 0.4) is 0 Å². The number of nitrogens with one attached hydrogen (secondary N) is 1.